The van der Waals surface area contributed by atoms with Crippen molar-refractivity contribution in [1.29, 1.82) is 0 Å². The van der Waals surface area contributed by atoms with Gasteiger partial charge in [-0.05, 0) is 75.4 Å². The molecule has 1 amide bonds. The maximum Gasteiger partial charge on any atom is 0.258 e. The Balaban J connectivity index is 1.22. The van der Waals surface area contributed by atoms with Crippen molar-refractivity contribution in [2.24, 2.45) is 17.8 Å². The summed E-state index contributed by atoms with van der Waals surface area (Å²) in [5, 5.41) is 4.09. The zero-order valence-corrected chi connectivity index (χ0v) is 16.2. The van der Waals surface area contributed by atoms with Crippen molar-refractivity contribution < 1.29 is 9.53 Å². The van der Waals surface area contributed by atoms with E-state index < -0.39 is 0 Å². The average molecular weight is 374 g/mol. The average Bonchev–Trinajstić information content (AvgIpc) is 3.43. The maximum absolute atomic E-state index is 12.6. The first-order valence-electron chi connectivity index (χ1n) is 9.97. The Morgan fingerprint density at radius 3 is 2.42 bits per heavy atom. The van der Waals surface area contributed by atoms with Crippen molar-refractivity contribution in [3.63, 3.8) is 0 Å². The zero-order valence-electron chi connectivity index (χ0n) is 15.4. The van der Waals surface area contributed by atoms with Gasteiger partial charge in [-0.3, -0.25) is 4.79 Å². The summed E-state index contributed by atoms with van der Waals surface area (Å²) in [5.74, 6) is 3.57. The van der Waals surface area contributed by atoms with Gasteiger partial charge in [0.05, 0.1) is 5.69 Å². The van der Waals surface area contributed by atoms with E-state index in [-0.39, 0.29) is 18.1 Å². The summed E-state index contributed by atoms with van der Waals surface area (Å²) in [6.45, 7) is 0.0523. The van der Waals surface area contributed by atoms with Gasteiger partial charge in [-0.25, -0.2) is 4.98 Å². The van der Waals surface area contributed by atoms with Crippen molar-refractivity contribution in [1.82, 2.24) is 15.3 Å². The van der Waals surface area contributed by atoms with Crippen molar-refractivity contribution in [3.8, 4) is 5.88 Å². The molecule has 0 spiro atoms. The van der Waals surface area contributed by atoms with Crippen molar-refractivity contribution >= 4 is 17.7 Å². The summed E-state index contributed by atoms with van der Waals surface area (Å²) < 4.78 is 5.77. The molecule has 0 aromatic carbocycles. The Morgan fingerprint density at radius 1 is 1.19 bits per heavy atom. The van der Waals surface area contributed by atoms with Crippen LogP contribution in [-0.4, -0.2) is 34.3 Å². The van der Waals surface area contributed by atoms with E-state index >= 15 is 0 Å². The lowest BCUT2D eigenvalue weighted by Crippen LogP contribution is -2.60. The van der Waals surface area contributed by atoms with Crippen LogP contribution in [0.5, 0.6) is 5.88 Å². The number of nitrogens with one attached hydrogen (secondary N) is 1. The van der Waals surface area contributed by atoms with E-state index in [4.69, 9.17) is 4.74 Å². The first-order valence-corrected chi connectivity index (χ1v) is 11.2. The number of hydrogen-bond donors (Lipinski definition) is 1. The van der Waals surface area contributed by atoms with Gasteiger partial charge in [-0.15, -0.1) is 0 Å². The van der Waals surface area contributed by atoms with Gasteiger partial charge in [0.25, 0.3) is 5.91 Å². The Morgan fingerprint density at radius 2 is 1.85 bits per heavy atom. The lowest BCUT2D eigenvalue weighted by Gasteiger charge is -2.56. The standard InChI is InChI=1S/C20H27N3O2S/c1-26-19-21-16(15-2-3-15)7-18(22-19)25-11-17(24)23-20-8-12-4-13(9-20)6-14(5-12)10-20/h7,12-15H,2-6,8-11H2,1H3,(H,23,24). The second kappa shape index (κ2) is 6.39. The number of thioether (sulfide) groups is 1. The van der Waals surface area contributed by atoms with E-state index in [1.807, 2.05) is 12.3 Å². The highest BCUT2D eigenvalue weighted by atomic mass is 32.2. The normalized spacial score (nSPS) is 34.7. The van der Waals surface area contributed by atoms with Crippen LogP contribution in [0.3, 0.4) is 0 Å². The molecule has 6 heteroatoms. The molecule has 0 atom stereocenters. The van der Waals surface area contributed by atoms with Crippen molar-refractivity contribution in [2.75, 3.05) is 12.9 Å². The topological polar surface area (TPSA) is 64.1 Å². The number of carbonyl (C=O) groups is 1. The van der Waals surface area contributed by atoms with Gasteiger partial charge in [0.15, 0.2) is 11.8 Å². The molecular formula is C20H27N3O2S. The van der Waals surface area contributed by atoms with Crippen molar-refractivity contribution in [3.05, 3.63) is 11.8 Å². The van der Waals surface area contributed by atoms with Crippen LogP contribution in [0.1, 0.15) is 63.0 Å². The van der Waals surface area contributed by atoms with Gasteiger partial charge in [0.2, 0.25) is 5.88 Å². The molecule has 0 saturated heterocycles. The number of amides is 1. The Kier molecular flexibility index (Phi) is 4.14. The van der Waals surface area contributed by atoms with Gasteiger partial charge in [0, 0.05) is 17.5 Å². The summed E-state index contributed by atoms with van der Waals surface area (Å²) in [6.07, 6.45) is 12.0. The molecule has 5 fully saturated rings. The first kappa shape index (κ1) is 16.8. The summed E-state index contributed by atoms with van der Waals surface area (Å²) >= 11 is 1.52. The lowest BCUT2D eigenvalue weighted by molar-refractivity contribution is -0.128. The Hall–Kier alpha value is -1.30. The third-order valence-electron chi connectivity index (χ3n) is 6.67. The molecule has 5 aliphatic rings. The van der Waals surface area contributed by atoms with Gasteiger partial charge in [0.1, 0.15) is 0 Å². The van der Waals surface area contributed by atoms with Crippen LogP contribution in [0.4, 0.5) is 0 Å². The fraction of sp³-hybridized carbons (Fsp3) is 0.750. The number of nitrogens with zero attached hydrogens (tertiary/aromatic N) is 2. The third-order valence-corrected chi connectivity index (χ3v) is 7.22. The number of rotatable bonds is 6. The molecule has 5 saturated carbocycles. The largest absolute Gasteiger partial charge is 0.467 e. The van der Waals surface area contributed by atoms with E-state index in [1.54, 1.807) is 0 Å². The van der Waals surface area contributed by atoms with E-state index in [1.165, 1.54) is 63.1 Å². The van der Waals surface area contributed by atoms with Gasteiger partial charge in [-0.2, -0.15) is 4.98 Å². The highest BCUT2D eigenvalue weighted by Gasteiger charge is 2.51. The molecule has 1 heterocycles. The van der Waals surface area contributed by atoms with Crippen LogP contribution >= 0.6 is 11.8 Å². The SMILES string of the molecule is CSc1nc(OCC(=O)NC23CC4CC(CC(C4)C2)C3)cc(C2CC2)n1. The van der Waals surface area contributed by atoms with Crippen LogP contribution in [0.2, 0.25) is 0 Å². The minimum atomic E-state index is 0.00392. The van der Waals surface area contributed by atoms with Crippen LogP contribution in [0, 0.1) is 17.8 Å². The summed E-state index contributed by atoms with van der Waals surface area (Å²) in [6, 6.07) is 1.91. The van der Waals surface area contributed by atoms with Crippen LogP contribution in [-0.2, 0) is 4.79 Å². The fourth-order valence-corrected chi connectivity index (χ4v) is 6.29. The summed E-state index contributed by atoms with van der Waals surface area (Å²) in [4.78, 5) is 21.6. The minimum absolute atomic E-state index is 0.00392. The number of ether oxygens (including phenoxy) is 1. The van der Waals surface area contributed by atoms with Crippen LogP contribution in [0.25, 0.3) is 0 Å². The zero-order chi connectivity index (χ0) is 17.7. The van der Waals surface area contributed by atoms with Crippen LogP contribution < -0.4 is 10.1 Å². The molecule has 0 unspecified atom stereocenters. The highest BCUT2D eigenvalue weighted by molar-refractivity contribution is 7.98. The molecule has 4 bridgehead atoms. The van der Waals surface area contributed by atoms with Crippen molar-refractivity contribution in [2.45, 2.75) is 68.0 Å². The third kappa shape index (κ3) is 3.32. The lowest BCUT2D eigenvalue weighted by atomic mass is 9.53. The molecule has 6 rings (SSSR count). The molecule has 5 nitrogen and oxygen atoms in total. The molecule has 1 aromatic heterocycles. The molecule has 26 heavy (non-hydrogen) atoms. The van der Waals surface area contributed by atoms with Gasteiger partial charge in [-0.1, -0.05) is 11.8 Å². The fourth-order valence-electron chi connectivity index (χ4n) is 5.91. The minimum Gasteiger partial charge on any atom is -0.467 e. The Bertz CT molecular complexity index is 684. The van der Waals surface area contributed by atoms with E-state index in [0.717, 1.165) is 28.6 Å². The molecule has 1 aromatic rings. The predicted molar refractivity (Wildman–Crippen MR) is 100 cm³/mol. The van der Waals surface area contributed by atoms with Gasteiger partial charge >= 0.3 is 0 Å². The number of aromatic nitrogens is 2. The van der Waals surface area contributed by atoms with E-state index in [2.05, 4.69) is 15.3 Å². The highest BCUT2D eigenvalue weighted by Crippen LogP contribution is 2.55. The Labute approximate surface area is 159 Å². The molecular weight excluding hydrogens is 346 g/mol. The maximum atomic E-state index is 12.6. The monoisotopic (exact) mass is 373 g/mol. The first-order chi connectivity index (χ1) is 12.6. The van der Waals surface area contributed by atoms with Crippen LogP contribution in [0.15, 0.2) is 11.2 Å². The molecule has 5 aliphatic carbocycles. The summed E-state index contributed by atoms with van der Waals surface area (Å²) in [5.41, 5.74) is 1.10. The quantitative estimate of drug-likeness (QED) is 0.610. The second-order valence-corrected chi connectivity index (χ2v) is 9.70. The van der Waals surface area contributed by atoms with E-state index in [0.29, 0.717) is 11.8 Å². The smallest absolute Gasteiger partial charge is 0.258 e. The molecule has 140 valence electrons. The molecule has 1 N–H and O–H groups in total. The number of carbonyl (C=O) groups excluding carboxylic acids is 1. The molecule has 0 radical (unpaired) electrons. The summed E-state index contributed by atoms with van der Waals surface area (Å²) in [7, 11) is 0. The molecule has 0 aliphatic heterocycles. The number of hydrogen-bond acceptors (Lipinski definition) is 5. The second-order valence-electron chi connectivity index (χ2n) is 8.93. The predicted octanol–water partition coefficient (Wildman–Crippen LogP) is 3.54. The van der Waals surface area contributed by atoms with Gasteiger partial charge < -0.3 is 10.1 Å². The van der Waals surface area contributed by atoms with E-state index in [9.17, 15) is 4.79 Å².